The number of aliphatic hydroxyl groups is 1. The molecule has 8 aromatic carbocycles. The molecule has 0 saturated carbocycles. The van der Waals surface area contributed by atoms with E-state index in [2.05, 4.69) is 142 Å². The number of carbonyl (C=O) groups excluding carboxylic acids is 4. The molecule has 10 N–H and O–H groups in total. The highest BCUT2D eigenvalue weighted by Crippen LogP contribution is 2.32. The zero-order valence-corrected chi connectivity index (χ0v) is 78.7. The van der Waals surface area contributed by atoms with Crippen LogP contribution < -0.4 is 67.5 Å². The van der Waals surface area contributed by atoms with Crippen LogP contribution in [0.5, 0.6) is 0 Å². The smallest absolute Gasteiger partial charge is 0.255 e. The second-order valence-corrected chi connectivity index (χ2v) is 34.1. The summed E-state index contributed by atoms with van der Waals surface area (Å²) in [6.07, 6.45) is 23.7. The molecule has 0 radical (unpaired) electrons. The highest BCUT2D eigenvalue weighted by Gasteiger charge is 2.27. The Morgan fingerprint density at radius 2 is 0.579 bits per heavy atom. The molecule has 4 saturated heterocycles. The number of carbonyl (C=O) groups is 4. The fourth-order valence-electron chi connectivity index (χ4n) is 15.6. The number of rotatable bonds is 24. The number of morpholine rings is 1. The topological polar surface area (TPSA) is 445 Å². The van der Waals surface area contributed by atoms with E-state index in [0.717, 1.165) is 142 Å². The SMILES string of the molecule is Cc1cccc(NC(=O)c2ccc(C)c(Nc3nc(N4CCC(O)CC4)nc(-n4ccnc4)n3)c2)c1.Cc1cccc(NC(=O)c2ccc(C)c(Nc3nc(N4CCCC4)nc(-n4ccnc4)n3)c2)c1.Cc1cccc(NC(=O)c2ccc(C)c(Nc3nc(N4CCNCC4)nc(-n4ccnc4)n3)c2)c1.Cc1cccc(NC(=O)c2ccc(C)c(Nc3nc(N4CCOCC4)nc(-n4ccnc4)n3)c2)c1. The molecule has 0 spiro atoms. The Bertz CT molecular complexity index is 6790. The van der Waals surface area contributed by atoms with Gasteiger partial charge in [0.1, 0.15) is 25.3 Å². The predicted molar refractivity (Wildman–Crippen MR) is 539 cm³/mol. The van der Waals surface area contributed by atoms with Crippen LogP contribution in [0.4, 0.5) is 93.1 Å². The van der Waals surface area contributed by atoms with Crippen LogP contribution in [0.25, 0.3) is 23.8 Å². The first kappa shape index (κ1) is 94.6. The zero-order chi connectivity index (χ0) is 97.0. The molecule has 0 aliphatic carbocycles. The summed E-state index contributed by atoms with van der Waals surface area (Å²) in [5.41, 5.74) is 16.2. The third-order valence-corrected chi connectivity index (χ3v) is 23.3. The molecule has 140 heavy (non-hydrogen) atoms. The van der Waals surface area contributed by atoms with Gasteiger partial charge in [0.2, 0.25) is 71.4 Å². The average Bonchev–Trinajstić information content (AvgIpc) is 1.81. The number of aliphatic hydroxyl groups excluding tert-OH is 1. The van der Waals surface area contributed by atoms with E-state index in [9.17, 15) is 24.3 Å². The van der Waals surface area contributed by atoms with Crippen LogP contribution in [0.2, 0.25) is 0 Å². The molecule has 0 bridgehead atoms. The van der Waals surface area contributed by atoms with Crippen LogP contribution >= 0.6 is 0 Å². The lowest BCUT2D eigenvalue weighted by Gasteiger charge is -2.29. The average molecular weight is 1880 g/mol. The maximum Gasteiger partial charge on any atom is 0.255 e. The summed E-state index contributed by atoms with van der Waals surface area (Å²) in [5, 5.41) is 38.2. The number of piperidine rings is 1. The maximum absolute atomic E-state index is 12.9. The second-order valence-electron chi connectivity index (χ2n) is 34.1. The van der Waals surface area contributed by atoms with Crippen molar-refractivity contribution in [2.45, 2.75) is 87.2 Å². The van der Waals surface area contributed by atoms with Crippen molar-refractivity contribution in [3.8, 4) is 23.8 Å². The van der Waals surface area contributed by atoms with Crippen LogP contribution in [0.15, 0.2) is 245 Å². The fourth-order valence-corrected chi connectivity index (χ4v) is 15.6. The minimum atomic E-state index is -0.301. The van der Waals surface area contributed by atoms with Gasteiger partial charge in [-0.1, -0.05) is 72.8 Å². The standard InChI is InChI=1S/C26H28N8O2.C25H27N9O.C25H26N8O2.C25H26N8O/c1-17-4-3-5-20(14-17)28-23(36)19-7-6-18(2)22(15-19)29-24-30-25(33-11-8-21(35)9-12-33)32-26(31-24)34-13-10-27-16-34;1-17-4-3-5-20(14-17)28-22(35)19-7-6-18(2)21(15-19)29-23-30-24(33-11-8-26-9-12-33)32-25(31-23)34-13-10-27-16-34;1-17-4-3-5-20(14-17)27-22(34)19-7-6-18(2)21(15-19)28-23-29-24(32-10-12-35-13-11-32)31-25(30-23)33-9-8-26-16-33;1-17-6-5-7-20(14-17)27-22(34)19-9-8-18(2)21(15-19)28-23-29-24(32-11-3-4-12-32)31-25(30-23)33-13-10-26-16-33/h3-7,10,13-16,21,35H,8-9,11-12H2,1-2H3,(H,28,36)(H,29,30,31,32);3-7,10,13-16,26H,8-9,11-12H2,1-2H3,(H,28,35)(H,29,30,31,32);3-9,14-16H,10-13H2,1-2H3,(H,27,34)(H,28,29,30,31);5-10,13-16H,3-4,11-12H2,1-2H3,(H,27,34)(H,28,29,30,31). The lowest BCUT2D eigenvalue weighted by molar-refractivity contribution is 0.101. The van der Waals surface area contributed by atoms with Crippen molar-refractivity contribution in [3.05, 3.63) is 312 Å². The summed E-state index contributed by atoms with van der Waals surface area (Å²) in [6.45, 7) is 24.9. The Morgan fingerprint density at radius 3 is 0.850 bits per heavy atom. The molecular formula is C101H107N33O6. The quantitative estimate of drug-likeness (QED) is 0.0269. The van der Waals surface area contributed by atoms with Gasteiger partial charge < -0.3 is 77.3 Å². The molecule has 0 unspecified atom stereocenters. The third kappa shape index (κ3) is 24.9. The van der Waals surface area contributed by atoms with Gasteiger partial charge in [-0.3, -0.25) is 37.4 Å². The number of ether oxygens (including phenoxy) is 1. The zero-order valence-electron chi connectivity index (χ0n) is 78.7. The minimum absolute atomic E-state index is 0.179. The Labute approximate surface area is 808 Å². The van der Waals surface area contributed by atoms with Gasteiger partial charge in [-0.15, -0.1) is 0 Å². The van der Waals surface area contributed by atoms with Crippen molar-refractivity contribution >= 4 is 117 Å². The van der Waals surface area contributed by atoms with Gasteiger partial charge in [-0.2, -0.15) is 59.8 Å². The number of nitrogens with zero attached hydrogens (tertiary/aromatic N) is 24. The molecule has 12 heterocycles. The molecule has 39 heteroatoms. The van der Waals surface area contributed by atoms with Gasteiger partial charge in [0, 0.05) is 183 Å². The van der Waals surface area contributed by atoms with Crippen LogP contribution in [0.3, 0.4) is 0 Å². The number of aromatic nitrogens is 20. The summed E-state index contributed by atoms with van der Waals surface area (Å²) >= 11 is 0. The largest absolute Gasteiger partial charge is 0.393 e. The molecule has 4 aliphatic heterocycles. The van der Waals surface area contributed by atoms with Crippen molar-refractivity contribution in [1.82, 2.24) is 103 Å². The number of hydrogen-bond acceptors (Lipinski definition) is 31. The lowest BCUT2D eigenvalue weighted by Crippen LogP contribution is -2.44. The van der Waals surface area contributed by atoms with Crippen LogP contribution in [0.1, 0.15) is 112 Å². The normalized spacial score (nSPS) is 13.6. The minimum Gasteiger partial charge on any atom is -0.393 e. The number of hydrogen-bond donors (Lipinski definition) is 10. The summed E-state index contributed by atoms with van der Waals surface area (Å²) in [6, 6.07) is 52.9. The van der Waals surface area contributed by atoms with E-state index in [4.69, 9.17) is 4.74 Å². The summed E-state index contributed by atoms with van der Waals surface area (Å²) in [5.74, 6) is 4.93. The van der Waals surface area contributed by atoms with Gasteiger partial charge in [-0.25, -0.2) is 19.9 Å². The van der Waals surface area contributed by atoms with E-state index in [0.29, 0.717) is 146 Å². The first-order valence-electron chi connectivity index (χ1n) is 46.1. The molecule has 4 aliphatic rings. The van der Waals surface area contributed by atoms with E-state index in [1.165, 1.54) is 0 Å². The second kappa shape index (κ2) is 44.5. The number of aryl methyl sites for hydroxylation is 8. The van der Waals surface area contributed by atoms with E-state index in [1.54, 1.807) is 117 Å². The van der Waals surface area contributed by atoms with Gasteiger partial charge in [0.15, 0.2) is 0 Å². The molecule has 16 aromatic rings. The number of benzene rings is 8. The molecule has 0 atom stereocenters. The van der Waals surface area contributed by atoms with Crippen molar-refractivity contribution < 1.29 is 29.0 Å². The number of anilines is 16. The monoisotopic (exact) mass is 1880 g/mol. The highest BCUT2D eigenvalue weighted by molar-refractivity contribution is 6.07. The number of piperazine rings is 1. The lowest BCUT2D eigenvalue weighted by atomic mass is 10.1. The van der Waals surface area contributed by atoms with E-state index >= 15 is 0 Å². The molecule has 4 fully saturated rings. The summed E-state index contributed by atoms with van der Waals surface area (Å²) in [7, 11) is 0. The van der Waals surface area contributed by atoms with E-state index in [-0.39, 0.29) is 29.7 Å². The Balaban J connectivity index is 0.000000129. The summed E-state index contributed by atoms with van der Waals surface area (Å²) in [4.78, 5) is 132. The number of nitrogens with one attached hydrogen (secondary N) is 9. The fraction of sp³-hybridized carbons (Fsp3) is 0.248. The Kier molecular flexibility index (Phi) is 30.1. The molecular weight excluding hydrogens is 1770 g/mol. The summed E-state index contributed by atoms with van der Waals surface area (Å²) < 4.78 is 12.4. The van der Waals surface area contributed by atoms with Gasteiger partial charge in [0.05, 0.1) is 19.3 Å². The predicted octanol–water partition coefficient (Wildman–Crippen LogP) is 14.5. The van der Waals surface area contributed by atoms with Crippen molar-refractivity contribution in [2.75, 3.05) is 141 Å². The van der Waals surface area contributed by atoms with Crippen molar-refractivity contribution in [2.24, 2.45) is 0 Å². The van der Waals surface area contributed by atoms with Crippen LogP contribution in [-0.4, -0.2) is 212 Å². The van der Waals surface area contributed by atoms with Gasteiger partial charge in [-0.05, 0) is 223 Å². The molecule has 20 rings (SSSR count). The van der Waals surface area contributed by atoms with E-state index in [1.807, 2.05) is 206 Å². The van der Waals surface area contributed by atoms with E-state index < -0.39 is 0 Å². The number of amides is 4. The van der Waals surface area contributed by atoms with Crippen molar-refractivity contribution in [1.29, 1.82) is 0 Å². The van der Waals surface area contributed by atoms with Crippen molar-refractivity contribution in [3.63, 3.8) is 0 Å². The first-order valence-corrected chi connectivity index (χ1v) is 46.1. The molecule has 712 valence electrons. The Hall–Kier alpha value is -17.2. The van der Waals surface area contributed by atoms with Gasteiger partial charge in [0.25, 0.3) is 23.6 Å². The van der Waals surface area contributed by atoms with Gasteiger partial charge >= 0.3 is 0 Å². The highest BCUT2D eigenvalue weighted by atomic mass is 16.5. The maximum atomic E-state index is 12.9. The number of imidazole rings is 4. The third-order valence-electron chi connectivity index (χ3n) is 23.3. The Morgan fingerprint density at radius 1 is 0.314 bits per heavy atom. The first-order chi connectivity index (χ1) is 68.1. The molecule has 4 amide bonds. The molecule has 39 nitrogen and oxygen atoms in total. The van der Waals surface area contributed by atoms with Crippen LogP contribution in [0, 0.1) is 55.4 Å². The van der Waals surface area contributed by atoms with Crippen LogP contribution in [-0.2, 0) is 4.74 Å². The molecule has 8 aromatic heterocycles.